The minimum Gasteiger partial charge on any atom is -0.508 e. The van der Waals surface area contributed by atoms with Crippen molar-refractivity contribution in [2.24, 2.45) is 5.92 Å². The van der Waals surface area contributed by atoms with Crippen LogP contribution in [0.4, 0.5) is 0 Å². The number of benzene rings is 1. The molecule has 0 amide bonds. The number of esters is 1. The highest BCUT2D eigenvalue weighted by atomic mass is 16.5. The Kier molecular flexibility index (Phi) is 3.16. The van der Waals surface area contributed by atoms with E-state index in [2.05, 4.69) is 0 Å². The second-order valence-corrected chi connectivity index (χ2v) is 6.87. The van der Waals surface area contributed by atoms with Crippen LogP contribution in [0.3, 0.4) is 0 Å². The maximum atomic E-state index is 12.4. The Morgan fingerprint density at radius 3 is 2.48 bits per heavy atom. The molecule has 1 aromatic rings. The zero-order valence-corrected chi connectivity index (χ0v) is 12.3. The van der Waals surface area contributed by atoms with Gasteiger partial charge in [0, 0.05) is 11.1 Å². The van der Waals surface area contributed by atoms with Crippen LogP contribution in [0.2, 0.25) is 0 Å². The number of hydrogen-bond acceptors (Lipinski definition) is 3. The average molecular weight is 286 g/mol. The molecule has 1 N–H and O–H groups in total. The second kappa shape index (κ2) is 5.04. The van der Waals surface area contributed by atoms with Crippen LogP contribution >= 0.6 is 0 Å². The van der Waals surface area contributed by atoms with E-state index < -0.39 is 0 Å². The SMILES string of the molecule is O=C(Oc1ccc(O)c2c1[C@@H]1CC[C@H]2C1)C1CCCCC1. The van der Waals surface area contributed by atoms with E-state index in [1.165, 1.54) is 6.42 Å². The number of hydrogen-bond donors (Lipinski definition) is 1. The Balaban J connectivity index is 1.60. The van der Waals surface area contributed by atoms with E-state index in [-0.39, 0.29) is 11.9 Å². The lowest BCUT2D eigenvalue weighted by atomic mass is 9.89. The Labute approximate surface area is 125 Å². The third-order valence-electron chi connectivity index (χ3n) is 5.62. The molecule has 2 saturated carbocycles. The molecule has 3 aliphatic rings. The first-order valence-electron chi connectivity index (χ1n) is 8.31. The average Bonchev–Trinajstić information content (AvgIpc) is 3.13. The van der Waals surface area contributed by atoms with Crippen molar-refractivity contribution in [2.45, 2.75) is 63.2 Å². The van der Waals surface area contributed by atoms with Crippen molar-refractivity contribution in [3.63, 3.8) is 0 Å². The number of aromatic hydroxyl groups is 1. The Morgan fingerprint density at radius 1 is 1.00 bits per heavy atom. The van der Waals surface area contributed by atoms with Gasteiger partial charge in [-0.25, -0.2) is 0 Å². The van der Waals surface area contributed by atoms with E-state index in [1.807, 2.05) is 0 Å². The van der Waals surface area contributed by atoms with Crippen molar-refractivity contribution < 1.29 is 14.6 Å². The summed E-state index contributed by atoms with van der Waals surface area (Å²) in [7, 11) is 0. The fourth-order valence-corrected chi connectivity index (χ4v) is 4.58. The fourth-order valence-electron chi connectivity index (χ4n) is 4.58. The number of phenols is 1. The van der Waals surface area contributed by atoms with Gasteiger partial charge in [0.1, 0.15) is 11.5 Å². The third kappa shape index (κ3) is 2.14. The predicted octanol–water partition coefficient (Wildman–Crippen LogP) is 4.24. The molecule has 0 aliphatic heterocycles. The van der Waals surface area contributed by atoms with E-state index in [4.69, 9.17) is 4.74 Å². The molecule has 21 heavy (non-hydrogen) atoms. The van der Waals surface area contributed by atoms with Gasteiger partial charge >= 0.3 is 5.97 Å². The summed E-state index contributed by atoms with van der Waals surface area (Å²) < 4.78 is 5.75. The molecule has 1 aromatic carbocycles. The molecule has 0 heterocycles. The molecule has 3 nitrogen and oxygen atoms in total. The number of carbonyl (C=O) groups excluding carboxylic acids is 1. The topological polar surface area (TPSA) is 46.5 Å². The summed E-state index contributed by atoms with van der Waals surface area (Å²) in [5.74, 6) is 2.05. The molecule has 0 unspecified atom stereocenters. The van der Waals surface area contributed by atoms with Crippen LogP contribution in [0.5, 0.6) is 11.5 Å². The first kappa shape index (κ1) is 13.2. The number of phenolic OH excluding ortho intramolecular Hbond substituents is 1. The van der Waals surface area contributed by atoms with E-state index in [0.717, 1.165) is 56.1 Å². The van der Waals surface area contributed by atoms with Crippen LogP contribution < -0.4 is 4.74 Å². The molecule has 2 atom stereocenters. The number of carbonyl (C=O) groups is 1. The van der Waals surface area contributed by atoms with Crippen LogP contribution in [0.15, 0.2) is 12.1 Å². The summed E-state index contributed by atoms with van der Waals surface area (Å²) in [4.78, 5) is 12.4. The van der Waals surface area contributed by atoms with Gasteiger partial charge in [-0.15, -0.1) is 0 Å². The van der Waals surface area contributed by atoms with Gasteiger partial charge in [0.05, 0.1) is 5.92 Å². The summed E-state index contributed by atoms with van der Waals surface area (Å²) in [5.41, 5.74) is 2.18. The van der Waals surface area contributed by atoms with Gasteiger partial charge in [0.25, 0.3) is 0 Å². The zero-order valence-electron chi connectivity index (χ0n) is 12.3. The fraction of sp³-hybridized carbons (Fsp3) is 0.611. The monoisotopic (exact) mass is 286 g/mol. The minimum atomic E-state index is -0.0645. The third-order valence-corrected chi connectivity index (χ3v) is 5.62. The van der Waals surface area contributed by atoms with Crippen LogP contribution in [0, 0.1) is 5.92 Å². The van der Waals surface area contributed by atoms with Gasteiger partial charge in [-0.2, -0.15) is 0 Å². The highest BCUT2D eigenvalue weighted by molar-refractivity contribution is 5.76. The van der Waals surface area contributed by atoms with Crippen molar-refractivity contribution in [3.8, 4) is 11.5 Å². The minimum absolute atomic E-state index is 0.0645. The molecule has 3 heteroatoms. The van der Waals surface area contributed by atoms with Gasteiger partial charge in [-0.3, -0.25) is 4.79 Å². The molecule has 2 bridgehead atoms. The highest BCUT2D eigenvalue weighted by Gasteiger charge is 2.41. The lowest BCUT2D eigenvalue weighted by Gasteiger charge is -2.23. The van der Waals surface area contributed by atoms with Crippen molar-refractivity contribution in [2.75, 3.05) is 0 Å². The summed E-state index contributed by atoms with van der Waals surface area (Å²) in [6, 6.07) is 3.48. The van der Waals surface area contributed by atoms with Gasteiger partial charge in [-0.1, -0.05) is 19.3 Å². The van der Waals surface area contributed by atoms with Crippen LogP contribution in [-0.4, -0.2) is 11.1 Å². The van der Waals surface area contributed by atoms with E-state index >= 15 is 0 Å². The molecule has 0 saturated heterocycles. The smallest absolute Gasteiger partial charge is 0.314 e. The van der Waals surface area contributed by atoms with E-state index in [1.54, 1.807) is 12.1 Å². The predicted molar refractivity (Wildman–Crippen MR) is 79.6 cm³/mol. The van der Waals surface area contributed by atoms with Gasteiger partial charge in [0.2, 0.25) is 0 Å². The van der Waals surface area contributed by atoms with Crippen LogP contribution in [0.1, 0.15) is 74.3 Å². The molecular weight excluding hydrogens is 264 g/mol. The second-order valence-electron chi connectivity index (χ2n) is 6.87. The van der Waals surface area contributed by atoms with E-state index in [0.29, 0.717) is 23.3 Å². The molecule has 0 aromatic heterocycles. The van der Waals surface area contributed by atoms with Crippen LogP contribution in [0.25, 0.3) is 0 Å². The molecule has 0 spiro atoms. The molecule has 4 rings (SSSR count). The molecule has 3 aliphatic carbocycles. The molecular formula is C18H22O3. The summed E-state index contributed by atoms with van der Waals surface area (Å²) in [6.07, 6.45) is 8.87. The van der Waals surface area contributed by atoms with Gasteiger partial charge < -0.3 is 9.84 Å². The largest absolute Gasteiger partial charge is 0.508 e. The van der Waals surface area contributed by atoms with Gasteiger partial charge in [-0.05, 0) is 56.1 Å². The molecule has 112 valence electrons. The Hall–Kier alpha value is -1.51. The number of fused-ring (bicyclic) bond motifs is 5. The molecule has 0 radical (unpaired) electrons. The van der Waals surface area contributed by atoms with Crippen molar-refractivity contribution in [1.29, 1.82) is 0 Å². The zero-order chi connectivity index (χ0) is 14.4. The highest BCUT2D eigenvalue weighted by Crippen LogP contribution is 2.58. The van der Waals surface area contributed by atoms with Crippen LogP contribution in [-0.2, 0) is 4.79 Å². The standard InChI is InChI=1S/C18H22O3/c19-14-8-9-15(17-13-7-6-12(10-13)16(14)17)21-18(20)11-4-2-1-3-5-11/h8-9,11-13,19H,1-7,10H2/t12-,13+/m0/s1. The molecule has 2 fully saturated rings. The first-order valence-corrected chi connectivity index (χ1v) is 8.31. The number of rotatable bonds is 2. The van der Waals surface area contributed by atoms with E-state index in [9.17, 15) is 9.90 Å². The number of ether oxygens (including phenoxy) is 1. The first-order chi connectivity index (χ1) is 10.2. The maximum Gasteiger partial charge on any atom is 0.314 e. The maximum absolute atomic E-state index is 12.4. The lowest BCUT2D eigenvalue weighted by molar-refractivity contribution is -0.140. The normalized spacial score (nSPS) is 27.6. The Morgan fingerprint density at radius 2 is 1.71 bits per heavy atom. The Bertz CT molecular complexity index is 572. The van der Waals surface area contributed by atoms with Crippen molar-refractivity contribution >= 4 is 5.97 Å². The van der Waals surface area contributed by atoms with Gasteiger partial charge in [0.15, 0.2) is 0 Å². The lowest BCUT2D eigenvalue weighted by Crippen LogP contribution is -2.23. The summed E-state index contributed by atoms with van der Waals surface area (Å²) >= 11 is 0. The summed E-state index contributed by atoms with van der Waals surface area (Å²) in [6.45, 7) is 0. The van der Waals surface area contributed by atoms with Crippen molar-refractivity contribution in [3.05, 3.63) is 23.3 Å². The summed E-state index contributed by atoms with van der Waals surface area (Å²) in [5, 5.41) is 10.1. The quantitative estimate of drug-likeness (QED) is 0.653. The van der Waals surface area contributed by atoms with Crippen molar-refractivity contribution in [1.82, 2.24) is 0 Å².